The lowest BCUT2D eigenvalue weighted by molar-refractivity contribution is 0.0475. The van der Waals surface area contributed by atoms with Gasteiger partial charge in [-0.1, -0.05) is 47.1 Å². The molecule has 0 spiro atoms. The van der Waals surface area contributed by atoms with Crippen molar-refractivity contribution in [1.29, 1.82) is 0 Å². The highest BCUT2D eigenvalue weighted by atomic mass is 79.9. The van der Waals surface area contributed by atoms with Gasteiger partial charge >= 0.3 is 5.97 Å². The molecule has 3 aromatic rings. The van der Waals surface area contributed by atoms with Crippen LogP contribution in [0.4, 0.5) is 0 Å². The van der Waals surface area contributed by atoms with Gasteiger partial charge in [-0.15, -0.1) is 11.3 Å². The summed E-state index contributed by atoms with van der Waals surface area (Å²) in [5.74, 6) is -0.754. The number of nitrogens with zero attached hydrogens (tertiary/aromatic N) is 1. The highest BCUT2D eigenvalue weighted by molar-refractivity contribution is 9.10. The van der Waals surface area contributed by atoms with Gasteiger partial charge in [0.05, 0.1) is 16.3 Å². The van der Waals surface area contributed by atoms with Gasteiger partial charge in [0.15, 0.2) is 12.4 Å². The van der Waals surface area contributed by atoms with E-state index >= 15 is 0 Å². The van der Waals surface area contributed by atoms with E-state index in [0.717, 1.165) is 27.2 Å². The molecule has 0 fully saturated rings. The molecule has 0 aliphatic rings. The minimum atomic E-state index is -0.516. The van der Waals surface area contributed by atoms with Crippen LogP contribution in [-0.2, 0) is 11.2 Å². The molecule has 27 heavy (non-hydrogen) atoms. The maximum atomic E-state index is 12.2. The predicted molar refractivity (Wildman–Crippen MR) is 110 cm³/mol. The van der Waals surface area contributed by atoms with Crippen molar-refractivity contribution in [2.75, 3.05) is 6.61 Å². The second-order valence-electron chi connectivity index (χ2n) is 5.94. The molecule has 0 unspecified atom stereocenters. The number of esters is 1. The average molecular weight is 444 g/mol. The predicted octanol–water partition coefficient (Wildman–Crippen LogP) is 5.48. The first-order chi connectivity index (χ1) is 13.0. The molecule has 138 valence electrons. The van der Waals surface area contributed by atoms with Crippen molar-refractivity contribution in [3.8, 4) is 11.3 Å². The van der Waals surface area contributed by atoms with E-state index in [1.54, 1.807) is 47.7 Å². The fraction of sp³-hybridized carbons (Fsp3) is 0.190. The third kappa shape index (κ3) is 4.70. The van der Waals surface area contributed by atoms with Gasteiger partial charge in [0.2, 0.25) is 0 Å². The second kappa shape index (κ2) is 8.59. The monoisotopic (exact) mass is 443 g/mol. The molecule has 0 amide bonds. The van der Waals surface area contributed by atoms with Crippen molar-refractivity contribution >= 4 is 39.0 Å². The Hall–Kier alpha value is -2.31. The van der Waals surface area contributed by atoms with Crippen LogP contribution in [0.2, 0.25) is 0 Å². The topological polar surface area (TPSA) is 56.3 Å². The van der Waals surface area contributed by atoms with Crippen LogP contribution in [0.25, 0.3) is 11.3 Å². The standard InChI is InChI=1S/C21H18BrNO3S/c1-3-19-20(23-13(2)27-19)15-4-6-16(7-5-15)21(25)26-12-18(24)14-8-10-17(22)11-9-14/h4-11H,3,12H2,1-2H3. The first-order valence-corrected chi connectivity index (χ1v) is 10.1. The lowest BCUT2D eigenvalue weighted by atomic mass is 10.1. The Morgan fingerprint density at radius 3 is 2.30 bits per heavy atom. The number of carbonyl (C=O) groups excluding carboxylic acids is 2. The van der Waals surface area contributed by atoms with E-state index in [-0.39, 0.29) is 12.4 Å². The number of benzene rings is 2. The highest BCUT2D eigenvalue weighted by Gasteiger charge is 2.14. The summed E-state index contributed by atoms with van der Waals surface area (Å²) in [6.45, 7) is 3.81. The number of Topliss-reactive ketones (excluding diaryl/α,β-unsaturated/α-hetero) is 1. The number of rotatable bonds is 6. The molecular formula is C21H18BrNO3S. The van der Waals surface area contributed by atoms with Crippen molar-refractivity contribution in [2.45, 2.75) is 20.3 Å². The number of aromatic nitrogens is 1. The molecule has 2 aromatic carbocycles. The Labute approximate surface area is 170 Å². The van der Waals surface area contributed by atoms with E-state index in [2.05, 4.69) is 27.8 Å². The number of ketones is 1. The van der Waals surface area contributed by atoms with Gasteiger partial charge in [0.25, 0.3) is 0 Å². The molecule has 0 radical (unpaired) electrons. The van der Waals surface area contributed by atoms with Crippen LogP contribution in [0.1, 0.15) is 37.5 Å². The number of halogens is 1. The molecular weight excluding hydrogens is 426 g/mol. The minimum absolute atomic E-state index is 0.238. The summed E-state index contributed by atoms with van der Waals surface area (Å²) >= 11 is 5.01. The van der Waals surface area contributed by atoms with Crippen LogP contribution in [0.5, 0.6) is 0 Å². The average Bonchev–Trinajstić information content (AvgIpc) is 3.07. The van der Waals surface area contributed by atoms with Crippen LogP contribution >= 0.6 is 27.3 Å². The van der Waals surface area contributed by atoms with E-state index in [9.17, 15) is 9.59 Å². The fourth-order valence-corrected chi connectivity index (χ4v) is 3.79. The van der Waals surface area contributed by atoms with Crippen molar-refractivity contribution < 1.29 is 14.3 Å². The van der Waals surface area contributed by atoms with E-state index in [1.807, 2.05) is 19.1 Å². The third-order valence-electron chi connectivity index (χ3n) is 4.02. The van der Waals surface area contributed by atoms with Crippen LogP contribution in [-0.4, -0.2) is 23.3 Å². The van der Waals surface area contributed by atoms with E-state index in [0.29, 0.717) is 11.1 Å². The largest absolute Gasteiger partial charge is 0.454 e. The van der Waals surface area contributed by atoms with Crippen molar-refractivity contribution in [3.63, 3.8) is 0 Å². The molecule has 3 rings (SSSR count). The molecule has 0 aliphatic heterocycles. The molecule has 0 saturated heterocycles. The second-order valence-corrected chi connectivity index (χ2v) is 8.15. The Bertz CT molecular complexity index is 962. The van der Waals surface area contributed by atoms with Crippen molar-refractivity contribution in [2.24, 2.45) is 0 Å². The smallest absolute Gasteiger partial charge is 0.338 e. The molecule has 0 atom stereocenters. The quantitative estimate of drug-likeness (QED) is 0.373. The van der Waals surface area contributed by atoms with Gasteiger partial charge in [-0.3, -0.25) is 4.79 Å². The molecule has 0 bridgehead atoms. The molecule has 0 aliphatic carbocycles. The molecule has 1 aromatic heterocycles. The van der Waals surface area contributed by atoms with Crippen molar-refractivity contribution in [1.82, 2.24) is 4.98 Å². The maximum Gasteiger partial charge on any atom is 0.338 e. The van der Waals surface area contributed by atoms with Crippen molar-refractivity contribution in [3.05, 3.63) is 74.0 Å². The number of hydrogen-bond donors (Lipinski definition) is 0. The number of hydrogen-bond acceptors (Lipinski definition) is 5. The lowest BCUT2D eigenvalue weighted by Gasteiger charge is -2.06. The Balaban J connectivity index is 1.65. The van der Waals surface area contributed by atoms with Crippen LogP contribution in [0.15, 0.2) is 53.0 Å². The normalized spacial score (nSPS) is 10.6. The highest BCUT2D eigenvalue weighted by Crippen LogP contribution is 2.28. The van der Waals surface area contributed by atoms with Gasteiger partial charge in [0.1, 0.15) is 0 Å². The Morgan fingerprint density at radius 1 is 1.04 bits per heavy atom. The van der Waals surface area contributed by atoms with E-state index in [4.69, 9.17) is 4.74 Å². The molecule has 6 heteroatoms. The van der Waals surface area contributed by atoms with E-state index in [1.165, 1.54) is 4.88 Å². The molecule has 0 saturated carbocycles. The maximum absolute atomic E-state index is 12.2. The summed E-state index contributed by atoms with van der Waals surface area (Å²) in [6, 6.07) is 14.1. The Kier molecular flexibility index (Phi) is 6.19. The van der Waals surface area contributed by atoms with Crippen LogP contribution in [0, 0.1) is 6.92 Å². The molecule has 0 N–H and O–H groups in total. The van der Waals surface area contributed by atoms with Crippen LogP contribution < -0.4 is 0 Å². The zero-order valence-corrected chi connectivity index (χ0v) is 17.4. The fourth-order valence-electron chi connectivity index (χ4n) is 2.63. The van der Waals surface area contributed by atoms with Gasteiger partial charge in [-0.05, 0) is 37.6 Å². The zero-order chi connectivity index (χ0) is 19.4. The SMILES string of the molecule is CCc1sc(C)nc1-c1ccc(C(=O)OCC(=O)c2ccc(Br)cc2)cc1. The summed E-state index contributed by atoms with van der Waals surface area (Å²) < 4.78 is 6.04. The summed E-state index contributed by atoms with van der Waals surface area (Å²) in [4.78, 5) is 30.1. The van der Waals surface area contributed by atoms with Gasteiger partial charge in [-0.25, -0.2) is 9.78 Å². The number of aryl methyl sites for hydroxylation is 2. The number of carbonyl (C=O) groups is 2. The lowest BCUT2D eigenvalue weighted by Crippen LogP contribution is -2.14. The summed E-state index contributed by atoms with van der Waals surface area (Å²) in [6.07, 6.45) is 0.919. The first-order valence-electron chi connectivity index (χ1n) is 8.50. The number of thiazole rings is 1. The third-order valence-corrected chi connectivity index (χ3v) is 5.66. The van der Waals surface area contributed by atoms with Gasteiger partial charge < -0.3 is 4.74 Å². The summed E-state index contributed by atoms with van der Waals surface area (Å²) in [5.41, 5.74) is 2.85. The molecule has 1 heterocycles. The van der Waals surface area contributed by atoms with Gasteiger partial charge in [0, 0.05) is 20.5 Å². The number of ether oxygens (including phenoxy) is 1. The zero-order valence-electron chi connectivity index (χ0n) is 15.0. The minimum Gasteiger partial charge on any atom is -0.454 e. The van der Waals surface area contributed by atoms with E-state index < -0.39 is 5.97 Å². The van der Waals surface area contributed by atoms with Crippen LogP contribution in [0.3, 0.4) is 0 Å². The first kappa shape index (κ1) is 19.5. The Morgan fingerprint density at radius 2 is 1.67 bits per heavy atom. The van der Waals surface area contributed by atoms with Gasteiger partial charge in [-0.2, -0.15) is 0 Å². The molecule has 4 nitrogen and oxygen atoms in total. The summed E-state index contributed by atoms with van der Waals surface area (Å²) in [7, 11) is 0. The summed E-state index contributed by atoms with van der Waals surface area (Å²) in [5, 5.41) is 1.02.